The van der Waals surface area contributed by atoms with Gasteiger partial charge in [-0.1, -0.05) is 32.1 Å². The van der Waals surface area contributed by atoms with Gasteiger partial charge >= 0.3 is 5.97 Å². The Morgan fingerprint density at radius 3 is 2.40 bits per heavy atom. The largest absolute Gasteiger partial charge is 0.467 e. The van der Waals surface area contributed by atoms with Gasteiger partial charge in [-0.05, 0) is 40.0 Å². The van der Waals surface area contributed by atoms with Gasteiger partial charge in [0, 0.05) is 11.7 Å². The fraction of sp³-hybridized carbons (Fsp3) is 0.737. The van der Waals surface area contributed by atoms with Crippen molar-refractivity contribution in [2.45, 2.75) is 78.3 Å². The molecule has 25 heavy (non-hydrogen) atoms. The third kappa shape index (κ3) is 4.61. The Labute approximate surface area is 150 Å². The van der Waals surface area contributed by atoms with Crippen LogP contribution in [0.15, 0.2) is 0 Å². The van der Waals surface area contributed by atoms with E-state index in [1.807, 2.05) is 32.4 Å². The van der Waals surface area contributed by atoms with Crippen molar-refractivity contribution in [3.63, 3.8) is 0 Å². The molecule has 0 bridgehead atoms. The highest BCUT2D eigenvalue weighted by Gasteiger charge is 2.29. The van der Waals surface area contributed by atoms with Crippen molar-refractivity contribution in [1.82, 2.24) is 15.1 Å². The van der Waals surface area contributed by atoms with Crippen molar-refractivity contribution in [1.29, 1.82) is 0 Å². The summed E-state index contributed by atoms with van der Waals surface area (Å²) in [7, 11) is 1.37. The summed E-state index contributed by atoms with van der Waals surface area (Å²) in [6, 6.07) is -0.416. The maximum atomic E-state index is 12.8. The Balaban J connectivity index is 2.15. The number of hydrogen-bond acceptors (Lipinski definition) is 4. The molecule has 1 fully saturated rings. The molecule has 6 nitrogen and oxygen atoms in total. The van der Waals surface area contributed by atoms with E-state index in [0.29, 0.717) is 23.6 Å². The minimum atomic E-state index is -0.596. The van der Waals surface area contributed by atoms with Gasteiger partial charge in [-0.15, -0.1) is 0 Å². The standard InChI is InChI=1S/C19H31N3O3/c1-12(2)22-14(4)17(13(3)21-22)18(23)20-16(19(24)25-5)11-15-9-7-6-8-10-15/h12,15-16H,6-11H2,1-5H3,(H,20,23). The van der Waals surface area contributed by atoms with E-state index in [1.165, 1.54) is 26.4 Å². The van der Waals surface area contributed by atoms with Gasteiger partial charge in [0.15, 0.2) is 0 Å². The summed E-state index contributed by atoms with van der Waals surface area (Å²) in [6.07, 6.45) is 6.55. The molecule has 1 heterocycles. The average molecular weight is 349 g/mol. The molecule has 140 valence electrons. The Morgan fingerprint density at radius 1 is 1.24 bits per heavy atom. The molecule has 0 saturated heterocycles. The summed E-state index contributed by atoms with van der Waals surface area (Å²) in [5.74, 6) is -0.141. The Bertz CT molecular complexity index is 616. The average Bonchev–Trinajstić information content (AvgIpc) is 2.89. The van der Waals surface area contributed by atoms with Crippen molar-refractivity contribution in [2.24, 2.45) is 5.92 Å². The van der Waals surface area contributed by atoms with Crippen LogP contribution in [-0.2, 0) is 9.53 Å². The monoisotopic (exact) mass is 349 g/mol. The van der Waals surface area contributed by atoms with Crippen LogP contribution < -0.4 is 5.32 Å². The molecule has 1 saturated carbocycles. The number of ether oxygens (including phenoxy) is 1. The number of carbonyl (C=O) groups excluding carboxylic acids is 2. The molecule has 1 atom stereocenters. The third-order valence-electron chi connectivity index (χ3n) is 5.13. The number of aryl methyl sites for hydroxylation is 1. The molecule has 2 rings (SSSR count). The van der Waals surface area contributed by atoms with E-state index in [9.17, 15) is 9.59 Å². The SMILES string of the molecule is COC(=O)C(CC1CCCCC1)NC(=O)c1c(C)nn(C(C)C)c1C. The molecule has 1 N–H and O–H groups in total. The summed E-state index contributed by atoms with van der Waals surface area (Å²) >= 11 is 0. The predicted octanol–water partition coefficient (Wildman–Crippen LogP) is 3.32. The van der Waals surface area contributed by atoms with Gasteiger partial charge < -0.3 is 10.1 Å². The van der Waals surface area contributed by atoms with Crippen LogP contribution in [-0.4, -0.2) is 34.8 Å². The maximum absolute atomic E-state index is 12.8. The molecule has 0 aliphatic heterocycles. The second-order valence-electron chi connectivity index (χ2n) is 7.37. The van der Waals surface area contributed by atoms with E-state index in [1.54, 1.807) is 0 Å². The lowest BCUT2D eigenvalue weighted by molar-refractivity contribution is -0.143. The first-order valence-electron chi connectivity index (χ1n) is 9.29. The van der Waals surface area contributed by atoms with Crippen LogP contribution in [0.1, 0.15) is 80.2 Å². The van der Waals surface area contributed by atoms with E-state index in [0.717, 1.165) is 18.5 Å². The van der Waals surface area contributed by atoms with Crippen LogP contribution in [0, 0.1) is 19.8 Å². The molecule has 0 aromatic carbocycles. The summed E-state index contributed by atoms with van der Waals surface area (Å²) in [5, 5.41) is 7.36. The molecule has 6 heteroatoms. The lowest BCUT2D eigenvalue weighted by Crippen LogP contribution is -2.43. The highest BCUT2D eigenvalue weighted by Crippen LogP contribution is 2.28. The number of nitrogens with one attached hydrogen (secondary N) is 1. The van der Waals surface area contributed by atoms with Gasteiger partial charge in [0.05, 0.1) is 18.4 Å². The van der Waals surface area contributed by atoms with Crippen LogP contribution >= 0.6 is 0 Å². The van der Waals surface area contributed by atoms with E-state index in [-0.39, 0.29) is 17.9 Å². The minimum absolute atomic E-state index is 0.180. The van der Waals surface area contributed by atoms with Crippen molar-refractivity contribution in [3.05, 3.63) is 17.0 Å². The van der Waals surface area contributed by atoms with E-state index < -0.39 is 6.04 Å². The van der Waals surface area contributed by atoms with Gasteiger partial charge in [-0.25, -0.2) is 4.79 Å². The van der Waals surface area contributed by atoms with Crippen molar-refractivity contribution in [3.8, 4) is 0 Å². The first-order valence-corrected chi connectivity index (χ1v) is 9.29. The van der Waals surface area contributed by atoms with Gasteiger partial charge in [-0.2, -0.15) is 5.10 Å². The molecule has 1 aromatic rings. The number of nitrogens with zero attached hydrogens (tertiary/aromatic N) is 2. The van der Waals surface area contributed by atoms with E-state index in [2.05, 4.69) is 10.4 Å². The fourth-order valence-corrected chi connectivity index (χ4v) is 3.84. The Morgan fingerprint density at radius 2 is 1.88 bits per heavy atom. The highest BCUT2D eigenvalue weighted by molar-refractivity contribution is 5.98. The van der Waals surface area contributed by atoms with Crippen molar-refractivity contribution < 1.29 is 14.3 Å². The fourth-order valence-electron chi connectivity index (χ4n) is 3.84. The predicted molar refractivity (Wildman–Crippen MR) is 96.5 cm³/mol. The number of rotatable bonds is 6. The first-order chi connectivity index (χ1) is 11.8. The summed E-state index contributed by atoms with van der Waals surface area (Å²) in [6.45, 7) is 7.78. The Hall–Kier alpha value is -1.85. The molecule has 1 aliphatic rings. The van der Waals surface area contributed by atoms with Crippen LogP contribution in [0.3, 0.4) is 0 Å². The molecular weight excluding hydrogens is 318 g/mol. The summed E-state index contributed by atoms with van der Waals surface area (Å²) in [4.78, 5) is 25.0. The van der Waals surface area contributed by atoms with Gasteiger partial charge in [0.2, 0.25) is 0 Å². The Kier molecular flexibility index (Phi) is 6.62. The molecule has 1 aliphatic carbocycles. The smallest absolute Gasteiger partial charge is 0.328 e. The zero-order valence-corrected chi connectivity index (χ0v) is 16.1. The molecule has 0 spiro atoms. The number of carbonyl (C=O) groups is 2. The van der Waals surface area contributed by atoms with Crippen LogP contribution in [0.25, 0.3) is 0 Å². The van der Waals surface area contributed by atoms with Gasteiger partial charge in [0.25, 0.3) is 5.91 Å². The number of hydrogen-bond donors (Lipinski definition) is 1. The first kappa shape index (κ1) is 19.5. The van der Waals surface area contributed by atoms with E-state index in [4.69, 9.17) is 4.74 Å². The minimum Gasteiger partial charge on any atom is -0.467 e. The maximum Gasteiger partial charge on any atom is 0.328 e. The van der Waals surface area contributed by atoms with Crippen LogP contribution in [0.4, 0.5) is 0 Å². The topological polar surface area (TPSA) is 73.2 Å². The number of methoxy groups -OCH3 is 1. The second-order valence-corrected chi connectivity index (χ2v) is 7.37. The van der Waals surface area contributed by atoms with Crippen molar-refractivity contribution in [2.75, 3.05) is 7.11 Å². The molecule has 0 radical (unpaired) electrons. The normalized spacial score (nSPS) is 16.7. The van der Waals surface area contributed by atoms with E-state index >= 15 is 0 Å². The number of aromatic nitrogens is 2. The van der Waals surface area contributed by atoms with Crippen LogP contribution in [0.2, 0.25) is 0 Å². The highest BCUT2D eigenvalue weighted by atomic mass is 16.5. The van der Waals surface area contributed by atoms with Gasteiger partial charge in [-0.3, -0.25) is 9.48 Å². The summed E-state index contributed by atoms with van der Waals surface area (Å²) in [5.41, 5.74) is 2.07. The lowest BCUT2D eigenvalue weighted by Gasteiger charge is -2.25. The molecule has 1 aromatic heterocycles. The van der Waals surface area contributed by atoms with Crippen LogP contribution in [0.5, 0.6) is 0 Å². The van der Waals surface area contributed by atoms with Gasteiger partial charge in [0.1, 0.15) is 6.04 Å². The quantitative estimate of drug-likeness (QED) is 0.800. The summed E-state index contributed by atoms with van der Waals surface area (Å²) < 4.78 is 6.77. The number of amides is 1. The molecule has 1 amide bonds. The zero-order valence-electron chi connectivity index (χ0n) is 16.1. The van der Waals surface area contributed by atoms with Crippen molar-refractivity contribution >= 4 is 11.9 Å². The molecule has 1 unspecified atom stereocenters. The zero-order chi connectivity index (χ0) is 18.6. The molecular formula is C19H31N3O3. The number of esters is 1. The third-order valence-corrected chi connectivity index (χ3v) is 5.13. The lowest BCUT2D eigenvalue weighted by atomic mass is 9.84. The second kappa shape index (κ2) is 8.50.